The molecule has 0 spiro atoms. The number of hydrogen-bond acceptors (Lipinski definition) is 4. The summed E-state index contributed by atoms with van der Waals surface area (Å²) in [6.07, 6.45) is 2.15. The van der Waals surface area contributed by atoms with Gasteiger partial charge in [0.15, 0.2) is 0 Å². The van der Waals surface area contributed by atoms with Crippen LogP contribution in [0.3, 0.4) is 0 Å². The molecule has 1 aliphatic carbocycles. The van der Waals surface area contributed by atoms with Gasteiger partial charge in [0.1, 0.15) is 0 Å². The monoisotopic (exact) mass is 444 g/mol. The summed E-state index contributed by atoms with van der Waals surface area (Å²) in [5.41, 5.74) is 1.91. The second kappa shape index (κ2) is 8.76. The van der Waals surface area contributed by atoms with Gasteiger partial charge in [0, 0.05) is 0 Å². The molecular weight excluding hydrogens is 419 g/mol. The van der Waals surface area contributed by atoms with Crippen molar-refractivity contribution < 1.29 is 19.1 Å². The third-order valence-electron chi connectivity index (χ3n) is 5.09. The van der Waals surface area contributed by atoms with E-state index in [4.69, 9.17) is 9.47 Å². The fourth-order valence-electron chi connectivity index (χ4n) is 3.60. The summed E-state index contributed by atoms with van der Waals surface area (Å²) < 4.78 is 11.3. The maximum absolute atomic E-state index is 12.6. The molecule has 2 aromatic carbocycles. The van der Waals surface area contributed by atoms with Gasteiger partial charge in [0.05, 0.1) is 0 Å². The topological polar surface area (TPSA) is 52.6 Å². The number of methoxy groups -OCH3 is 2. The number of allylic oxidation sites excluding steroid dienone is 1. The predicted octanol–water partition coefficient (Wildman–Crippen LogP) is 3.18. The fraction of sp³-hybridized carbons (Fsp3) is 0.304. The fourth-order valence-corrected chi connectivity index (χ4v) is 5.74. The van der Waals surface area contributed by atoms with Crippen LogP contribution in [0.1, 0.15) is 17.5 Å². The van der Waals surface area contributed by atoms with Gasteiger partial charge in [-0.2, -0.15) is 0 Å². The SMILES string of the molecule is COC(=O)C1(C(=O)OC)C=C(c2ccccc2)C(C[Se]c2ccc(C)cc2)C1. The molecule has 4 nitrogen and oxygen atoms in total. The van der Waals surface area contributed by atoms with Gasteiger partial charge in [-0.05, 0) is 0 Å². The van der Waals surface area contributed by atoms with Crippen molar-refractivity contribution in [1.82, 2.24) is 0 Å². The Kier molecular flexibility index (Phi) is 6.38. The van der Waals surface area contributed by atoms with Gasteiger partial charge in [0.25, 0.3) is 0 Å². The van der Waals surface area contributed by atoms with Gasteiger partial charge in [-0.3, -0.25) is 0 Å². The summed E-state index contributed by atoms with van der Waals surface area (Å²) in [5, 5.41) is 0.895. The van der Waals surface area contributed by atoms with Crippen LogP contribution in [0, 0.1) is 18.3 Å². The van der Waals surface area contributed by atoms with E-state index in [1.807, 2.05) is 30.3 Å². The molecule has 0 N–H and O–H groups in total. The van der Waals surface area contributed by atoms with Crippen LogP contribution in [0.5, 0.6) is 0 Å². The molecule has 0 heterocycles. The Morgan fingerprint density at radius 2 is 1.61 bits per heavy atom. The molecule has 3 rings (SSSR count). The first-order valence-corrected chi connectivity index (χ1v) is 11.2. The zero-order valence-electron chi connectivity index (χ0n) is 16.3. The summed E-state index contributed by atoms with van der Waals surface area (Å²) in [4.78, 5) is 25.2. The van der Waals surface area contributed by atoms with Crippen LogP contribution in [0.25, 0.3) is 5.57 Å². The number of carbonyl (C=O) groups is 2. The molecule has 0 radical (unpaired) electrons. The third kappa shape index (κ3) is 4.06. The van der Waals surface area contributed by atoms with Crippen molar-refractivity contribution in [2.45, 2.75) is 18.7 Å². The number of benzene rings is 2. The van der Waals surface area contributed by atoms with Crippen molar-refractivity contribution >= 4 is 36.9 Å². The van der Waals surface area contributed by atoms with Crippen molar-refractivity contribution in [3.05, 3.63) is 71.8 Å². The first-order valence-electron chi connectivity index (χ1n) is 9.14. The molecule has 2 aromatic rings. The first kappa shape index (κ1) is 20.4. The van der Waals surface area contributed by atoms with E-state index in [-0.39, 0.29) is 20.9 Å². The maximum atomic E-state index is 12.6. The normalized spacial score (nSPS) is 17.7. The summed E-state index contributed by atoms with van der Waals surface area (Å²) >= 11 is 0.231. The van der Waals surface area contributed by atoms with Crippen molar-refractivity contribution in [1.29, 1.82) is 0 Å². The van der Waals surface area contributed by atoms with Crippen molar-refractivity contribution in [3.63, 3.8) is 0 Å². The predicted molar refractivity (Wildman–Crippen MR) is 110 cm³/mol. The van der Waals surface area contributed by atoms with Crippen LogP contribution < -0.4 is 4.46 Å². The van der Waals surface area contributed by atoms with Gasteiger partial charge in [-0.15, -0.1) is 0 Å². The number of esters is 2. The summed E-state index contributed by atoms with van der Waals surface area (Å²) in [5.74, 6) is -1.03. The third-order valence-corrected chi connectivity index (χ3v) is 7.55. The van der Waals surface area contributed by atoms with Crippen LogP contribution in [-0.2, 0) is 19.1 Å². The van der Waals surface area contributed by atoms with E-state index in [0.29, 0.717) is 6.42 Å². The number of hydrogen-bond donors (Lipinski definition) is 0. The standard InChI is InChI=1S/C23H24O4Se/c1-16-9-11-19(12-10-16)28-15-18-13-23(21(24)26-2,22(25)27-3)14-20(18)17-7-5-4-6-8-17/h4-12,14,18H,13,15H2,1-3H3. The van der Waals surface area contributed by atoms with Crippen LogP contribution in [0.2, 0.25) is 5.32 Å². The summed E-state index contributed by atoms with van der Waals surface area (Å²) in [6.45, 7) is 2.07. The number of carbonyl (C=O) groups excluding carboxylic acids is 2. The minimum atomic E-state index is -1.37. The Labute approximate surface area is 172 Å². The quantitative estimate of drug-likeness (QED) is 0.391. The molecule has 0 amide bonds. The van der Waals surface area contributed by atoms with Crippen molar-refractivity contribution in [2.24, 2.45) is 11.3 Å². The Hall–Kier alpha value is -2.36. The van der Waals surface area contributed by atoms with Crippen LogP contribution >= 0.6 is 0 Å². The van der Waals surface area contributed by atoms with Gasteiger partial charge in [-0.1, -0.05) is 0 Å². The van der Waals surface area contributed by atoms with Crippen LogP contribution in [-0.4, -0.2) is 41.1 Å². The van der Waals surface area contributed by atoms with Gasteiger partial charge >= 0.3 is 172 Å². The molecule has 0 saturated heterocycles. The molecule has 1 aliphatic rings. The average Bonchev–Trinajstić information content (AvgIpc) is 3.13. The zero-order chi connectivity index (χ0) is 20.1. The Balaban J connectivity index is 1.94. The Bertz CT molecular complexity index is 855. The molecule has 0 bridgehead atoms. The number of rotatable bonds is 6. The zero-order valence-corrected chi connectivity index (χ0v) is 18.0. The van der Waals surface area contributed by atoms with E-state index in [1.165, 1.54) is 24.2 Å². The van der Waals surface area contributed by atoms with E-state index in [2.05, 4.69) is 31.2 Å². The molecule has 1 atom stereocenters. The van der Waals surface area contributed by atoms with Crippen molar-refractivity contribution in [2.75, 3.05) is 14.2 Å². The first-order chi connectivity index (χ1) is 13.5. The Morgan fingerprint density at radius 3 is 2.18 bits per heavy atom. The average molecular weight is 443 g/mol. The van der Waals surface area contributed by atoms with Crippen LogP contribution in [0.15, 0.2) is 60.7 Å². The van der Waals surface area contributed by atoms with E-state index in [9.17, 15) is 9.59 Å². The molecule has 146 valence electrons. The van der Waals surface area contributed by atoms with Crippen molar-refractivity contribution in [3.8, 4) is 0 Å². The second-order valence-electron chi connectivity index (χ2n) is 6.95. The van der Waals surface area contributed by atoms with Gasteiger partial charge < -0.3 is 0 Å². The van der Waals surface area contributed by atoms with E-state index in [0.717, 1.165) is 16.5 Å². The molecular formula is C23H24O4Se. The number of aryl methyl sites for hydroxylation is 1. The molecule has 0 aliphatic heterocycles. The second-order valence-corrected chi connectivity index (χ2v) is 9.24. The van der Waals surface area contributed by atoms with Gasteiger partial charge in [0.2, 0.25) is 0 Å². The van der Waals surface area contributed by atoms with Crippen LogP contribution in [0.4, 0.5) is 0 Å². The Morgan fingerprint density at radius 1 is 1.00 bits per heavy atom. The minimum absolute atomic E-state index is 0.0851. The molecule has 28 heavy (non-hydrogen) atoms. The summed E-state index contributed by atoms with van der Waals surface area (Å²) in [7, 11) is 2.62. The molecule has 0 saturated carbocycles. The van der Waals surface area contributed by atoms with E-state index in [1.54, 1.807) is 6.08 Å². The molecule has 0 fully saturated rings. The number of ether oxygens (including phenoxy) is 2. The van der Waals surface area contributed by atoms with E-state index < -0.39 is 17.4 Å². The van der Waals surface area contributed by atoms with Gasteiger partial charge in [-0.25, -0.2) is 0 Å². The molecule has 0 aromatic heterocycles. The molecule has 1 unspecified atom stereocenters. The summed E-state index contributed by atoms with van der Waals surface area (Å²) in [6, 6.07) is 18.5. The van der Waals surface area contributed by atoms with E-state index >= 15 is 0 Å². The molecule has 5 heteroatoms.